The van der Waals surface area contributed by atoms with Crippen LogP contribution < -0.4 is 10.6 Å². The van der Waals surface area contributed by atoms with Crippen LogP contribution in [0.25, 0.3) is 0 Å². The summed E-state index contributed by atoms with van der Waals surface area (Å²) < 4.78 is 5.42. The first-order valence-corrected chi connectivity index (χ1v) is 6.40. The third-order valence-electron chi connectivity index (χ3n) is 3.60. The van der Waals surface area contributed by atoms with Gasteiger partial charge in [0.15, 0.2) is 0 Å². The predicted octanol–water partition coefficient (Wildman–Crippen LogP) is 0.670. The second-order valence-electron chi connectivity index (χ2n) is 4.93. The van der Waals surface area contributed by atoms with Crippen LogP contribution in [0, 0.1) is 5.92 Å². The van der Waals surface area contributed by atoms with Crippen LogP contribution in [0.15, 0.2) is 0 Å². The van der Waals surface area contributed by atoms with E-state index in [1.165, 1.54) is 12.8 Å². The van der Waals surface area contributed by atoms with Crippen molar-refractivity contribution in [3.05, 3.63) is 0 Å². The summed E-state index contributed by atoms with van der Waals surface area (Å²) in [4.78, 5) is 11.8. The van der Waals surface area contributed by atoms with Gasteiger partial charge in [-0.15, -0.1) is 0 Å². The smallest absolute Gasteiger partial charge is 0.249 e. The molecule has 0 aliphatic carbocycles. The fourth-order valence-electron chi connectivity index (χ4n) is 2.50. The van der Waals surface area contributed by atoms with Crippen molar-refractivity contribution in [2.24, 2.45) is 5.92 Å². The second-order valence-corrected chi connectivity index (χ2v) is 4.93. The molecule has 2 saturated heterocycles. The van der Waals surface area contributed by atoms with E-state index in [1.54, 1.807) is 0 Å². The maximum absolute atomic E-state index is 11.8. The Morgan fingerprint density at radius 1 is 1.50 bits per heavy atom. The highest BCUT2D eigenvalue weighted by molar-refractivity contribution is 5.81. The fourth-order valence-corrected chi connectivity index (χ4v) is 2.50. The standard InChI is InChI=1S/C12H22N2O2/c1-9-5-8-16-11(9)12(15)14-7-4-10-3-2-6-13-10/h9-11,13H,2-8H2,1H3,(H,14,15). The number of carbonyl (C=O) groups excluding carboxylic acids is 1. The Hall–Kier alpha value is -0.610. The zero-order valence-electron chi connectivity index (χ0n) is 10.00. The average Bonchev–Trinajstić information content (AvgIpc) is 2.88. The number of nitrogens with one attached hydrogen (secondary N) is 2. The van der Waals surface area contributed by atoms with Crippen molar-refractivity contribution < 1.29 is 9.53 Å². The van der Waals surface area contributed by atoms with Gasteiger partial charge in [0.05, 0.1) is 0 Å². The van der Waals surface area contributed by atoms with Gasteiger partial charge in [0.25, 0.3) is 0 Å². The Labute approximate surface area is 97.1 Å². The molecule has 3 unspecified atom stereocenters. The van der Waals surface area contributed by atoms with Gasteiger partial charge >= 0.3 is 0 Å². The maximum atomic E-state index is 11.8. The topological polar surface area (TPSA) is 50.4 Å². The number of amides is 1. The Balaban J connectivity index is 1.63. The van der Waals surface area contributed by atoms with Gasteiger partial charge in [-0.3, -0.25) is 4.79 Å². The molecule has 2 fully saturated rings. The van der Waals surface area contributed by atoms with Crippen molar-refractivity contribution >= 4 is 5.91 Å². The van der Waals surface area contributed by atoms with Crippen molar-refractivity contribution in [2.75, 3.05) is 19.7 Å². The molecular weight excluding hydrogens is 204 g/mol. The lowest BCUT2D eigenvalue weighted by atomic mass is 10.0. The zero-order chi connectivity index (χ0) is 11.4. The molecule has 2 aliphatic heterocycles. The molecule has 0 aromatic heterocycles. The largest absolute Gasteiger partial charge is 0.368 e. The molecule has 4 heteroatoms. The van der Waals surface area contributed by atoms with Crippen LogP contribution in [-0.4, -0.2) is 37.7 Å². The summed E-state index contributed by atoms with van der Waals surface area (Å²) in [6.07, 6.45) is 4.33. The summed E-state index contributed by atoms with van der Waals surface area (Å²) in [5.41, 5.74) is 0. The Morgan fingerprint density at radius 2 is 2.38 bits per heavy atom. The molecular formula is C12H22N2O2. The summed E-state index contributed by atoms with van der Waals surface area (Å²) in [6.45, 7) is 4.70. The molecule has 2 N–H and O–H groups in total. The third-order valence-corrected chi connectivity index (χ3v) is 3.60. The Morgan fingerprint density at radius 3 is 3.00 bits per heavy atom. The van der Waals surface area contributed by atoms with E-state index in [9.17, 15) is 4.79 Å². The van der Waals surface area contributed by atoms with E-state index < -0.39 is 0 Å². The molecule has 0 spiro atoms. The minimum absolute atomic E-state index is 0.0722. The molecule has 92 valence electrons. The number of carbonyl (C=O) groups is 1. The molecule has 0 aromatic rings. The third kappa shape index (κ3) is 2.95. The van der Waals surface area contributed by atoms with Crippen LogP contribution in [0.5, 0.6) is 0 Å². The van der Waals surface area contributed by atoms with Gasteiger partial charge in [-0.05, 0) is 38.1 Å². The highest BCUT2D eigenvalue weighted by Gasteiger charge is 2.30. The van der Waals surface area contributed by atoms with Crippen molar-refractivity contribution in [1.29, 1.82) is 0 Å². The van der Waals surface area contributed by atoms with Gasteiger partial charge < -0.3 is 15.4 Å². The number of hydrogen-bond acceptors (Lipinski definition) is 3. The first kappa shape index (κ1) is 11.9. The van der Waals surface area contributed by atoms with Crippen LogP contribution in [0.4, 0.5) is 0 Å². The van der Waals surface area contributed by atoms with E-state index in [4.69, 9.17) is 4.74 Å². The summed E-state index contributed by atoms with van der Waals surface area (Å²) in [7, 11) is 0. The molecule has 0 bridgehead atoms. The van der Waals surface area contributed by atoms with E-state index in [0.717, 1.165) is 32.5 Å². The lowest BCUT2D eigenvalue weighted by Gasteiger charge is -2.15. The first-order valence-electron chi connectivity index (χ1n) is 6.40. The lowest BCUT2D eigenvalue weighted by Crippen LogP contribution is -2.39. The van der Waals surface area contributed by atoms with Crippen LogP contribution in [0.3, 0.4) is 0 Å². The van der Waals surface area contributed by atoms with Crippen molar-refractivity contribution in [3.63, 3.8) is 0 Å². The number of hydrogen-bond donors (Lipinski definition) is 2. The molecule has 0 aromatic carbocycles. The number of rotatable bonds is 4. The van der Waals surface area contributed by atoms with Crippen molar-refractivity contribution in [2.45, 2.75) is 44.8 Å². The quantitative estimate of drug-likeness (QED) is 0.741. The lowest BCUT2D eigenvalue weighted by molar-refractivity contribution is -0.131. The van der Waals surface area contributed by atoms with E-state index in [2.05, 4.69) is 17.6 Å². The highest BCUT2D eigenvalue weighted by atomic mass is 16.5. The molecule has 2 aliphatic rings. The van der Waals surface area contributed by atoms with Gasteiger partial charge in [-0.1, -0.05) is 6.92 Å². The van der Waals surface area contributed by atoms with Crippen LogP contribution in [0.2, 0.25) is 0 Å². The molecule has 1 amide bonds. The second kappa shape index (κ2) is 5.64. The predicted molar refractivity (Wildman–Crippen MR) is 62.2 cm³/mol. The summed E-state index contributed by atoms with van der Waals surface area (Å²) >= 11 is 0. The van der Waals surface area contributed by atoms with Gasteiger partial charge in [0, 0.05) is 19.2 Å². The van der Waals surface area contributed by atoms with Crippen molar-refractivity contribution in [1.82, 2.24) is 10.6 Å². The Bertz CT molecular complexity index is 239. The first-order chi connectivity index (χ1) is 7.77. The highest BCUT2D eigenvalue weighted by Crippen LogP contribution is 2.19. The van der Waals surface area contributed by atoms with Crippen molar-refractivity contribution in [3.8, 4) is 0 Å². The fraction of sp³-hybridized carbons (Fsp3) is 0.917. The van der Waals surface area contributed by atoms with E-state index in [0.29, 0.717) is 12.0 Å². The monoisotopic (exact) mass is 226 g/mol. The van der Waals surface area contributed by atoms with E-state index in [-0.39, 0.29) is 12.0 Å². The normalized spacial score (nSPS) is 34.2. The minimum Gasteiger partial charge on any atom is -0.368 e. The zero-order valence-corrected chi connectivity index (χ0v) is 10.00. The molecule has 0 saturated carbocycles. The number of ether oxygens (including phenoxy) is 1. The summed E-state index contributed by atoms with van der Waals surface area (Å²) in [5, 5.41) is 6.40. The molecule has 3 atom stereocenters. The SMILES string of the molecule is CC1CCOC1C(=O)NCCC1CCCN1. The summed E-state index contributed by atoms with van der Waals surface area (Å²) in [5.74, 6) is 0.438. The Kier molecular flexibility index (Phi) is 4.18. The molecule has 4 nitrogen and oxygen atoms in total. The molecule has 2 heterocycles. The molecule has 0 radical (unpaired) electrons. The van der Waals surface area contributed by atoms with Gasteiger partial charge in [-0.25, -0.2) is 0 Å². The average molecular weight is 226 g/mol. The maximum Gasteiger partial charge on any atom is 0.249 e. The van der Waals surface area contributed by atoms with E-state index >= 15 is 0 Å². The van der Waals surface area contributed by atoms with E-state index in [1.807, 2.05) is 0 Å². The van der Waals surface area contributed by atoms with Gasteiger partial charge in [-0.2, -0.15) is 0 Å². The van der Waals surface area contributed by atoms with Crippen LogP contribution in [0.1, 0.15) is 32.6 Å². The van der Waals surface area contributed by atoms with Crippen LogP contribution >= 0.6 is 0 Å². The summed E-state index contributed by atoms with van der Waals surface area (Å²) in [6, 6.07) is 0.599. The molecule has 2 rings (SSSR count). The van der Waals surface area contributed by atoms with Gasteiger partial charge in [0.1, 0.15) is 6.10 Å². The van der Waals surface area contributed by atoms with Gasteiger partial charge in [0.2, 0.25) is 5.91 Å². The molecule has 16 heavy (non-hydrogen) atoms. The van der Waals surface area contributed by atoms with Crippen LogP contribution in [-0.2, 0) is 9.53 Å². The minimum atomic E-state index is -0.212.